The van der Waals surface area contributed by atoms with Gasteiger partial charge in [0.05, 0.1) is 0 Å². The zero-order valence-corrected chi connectivity index (χ0v) is 11.2. The van der Waals surface area contributed by atoms with Crippen molar-refractivity contribution in [1.29, 1.82) is 0 Å². The first-order chi connectivity index (χ1) is 8.99. The second-order valence-corrected chi connectivity index (χ2v) is 4.51. The molecule has 0 aliphatic rings. The van der Waals surface area contributed by atoms with Crippen molar-refractivity contribution in [2.24, 2.45) is 0 Å². The van der Waals surface area contributed by atoms with E-state index in [4.69, 9.17) is 21.4 Å². The average molecular weight is 278 g/mol. The van der Waals surface area contributed by atoms with Crippen LogP contribution in [-0.2, 0) is 0 Å². The number of aryl methyl sites for hydroxylation is 2. The molecule has 5 heteroatoms. The molecule has 2 rings (SSSR count). The van der Waals surface area contributed by atoms with Gasteiger partial charge in [-0.3, -0.25) is 0 Å². The summed E-state index contributed by atoms with van der Waals surface area (Å²) in [6.07, 6.45) is 1.41. The molecule has 0 unspecified atom stereocenters. The largest absolute Gasteiger partial charge is 0.476 e. The summed E-state index contributed by atoms with van der Waals surface area (Å²) >= 11 is 6.07. The van der Waals surface area contributed by atoms with Crippen molar-refractivity contribution in [2.45, 2.75) is 13.8 Å². The van der Waals surface area contributed by atoms with Gasteiger partial charge in [-0.1, -0.05) is 11.6 Å². The smallest absolute Gasteiger partial charge is 0.358 e. The number of aromatic carboxylic acids is 1. The normalized spacial score (nSPS) is 10.3. The number of rotatable bonds is 3. The highest BCUT2D eigenvalue weighted by atomic mass is 35.5. The van der Waals surface area contributed by atoms with E-state index in [0.717, 1.165) is 11.1 Å². The van der Waals surface area contributed by atoms with Crippen LogP contribution in [0, 0.1) is 13.8 Å². The third-order valence-corrected chi connectivity index (χ3v) is 3.21. The summed E-state index contributed by atoms with van der Waals surface area (Å²) in [6.45, 7) is 3.73. The van der Waals surface area contributed by atoms with Gasteiger partial charge in [-0.05, 0) is 49.2 Å². The number of benzene rings is 1. The maximum Gasteiger partial charge on any atom is 0.358 e. The number of nitrogens with zero attached hydrogens (tertiary/aromatic N) is 1. The van der Waals surface area contributed by atoms with E-state index in [-0.39, 0.29) is 11.4 Å². The van der Waals surface area contributed by atoms with E-state index in [0.29, 0.717) is 10.8 Å². The molecule has 1 aromatic heterocycles. The maximum absolute atomic E-state index is 11.0. The highest BCUT2D eigenvalue weighted by Crippen LogP contribution is 2.30. The Labute approximate surface area is 115 Å². The maximum atomic E-state index is 11.0. The molecule has 98 valence electrons. The molecule has 1 aromatic carbocycles. The van der Waals surface area contributed by atoms with E-state index >= 15 is 0 Å². The number of hydrogen-bond donors (Lipinski definition) is 1. The summed E-state index contributed by atoms with van der Waals surface area (Å²) < 4.78 is 5.59. The third-order valence-electron chi connectivity index (χ3n) is 2.61. The number of carboxylic acid groups (broad SMARTS) is 1. The highest BCUT2D eigenvalue weighted by molar-refractivity contribution is 6.32. The number of aromatic nitrogens is 1. The summed E-state index contributed by atoms with van der Waals surface area (Å²) in [6, 6.07) is 6.70. The van der Waals surface area contributed by atoms with E-state index in [2.05, 4.69) is 4.98 Å². The molecule has 4 nitrogen and oxygen atoms in total. The number of carboxylic acids is 1. The molecule has 2 aromatic rings. The lowest BCUT2D eigenvalue weighted by atomic mass is 10.1. The minimum atomic E-state index is -1.13. The lowest BCUT2D eigenvalue weighted by Gasteiger charge is -2.10. The summed E-state index contributed by atoms with van der Waals surface area (Å²) in [7, 11) is 0. The fourth-order valence-corrected chi connectivity index (χ4v) is 1.83. The molecular weight excluding hydrogens is 266 g/mol. The van der Waals surface area contributed by atoms with E-state index in [1.54, 1.807) is 24.3 Å². The quantitative estimate of drug-likeness (QED) is 0.926. The second-order valence-electron chi connectivity index (χ2n) is 4.13. The number of carbonyl (C=O) groups is 1. The Kier molecular flexibility index (Phi) is 3.71. The predicted molar refractivity (Wildman–Crippen MR) is 72.2 cm³/mol. The molecule has 0 spiro atoms. The van der Waals surface area contributed by atoms with Crippen LogP contribution in [0.5, 0.6) is 11.5 Å². The topological polar surface area (TPSA) is 59.4 Å². The van der Waals surface area contributed by atoms with Crippen molar-refractivity contribution in [2.75, 3.05) is 0 Å². The Morgan fingerprint density at radius 1 is 1.32 bits per heavy atom. The van der Waals surface area contributed by atoms with Crippen LogP contribution in [0.2, 0.25) is 5.02 Å². The lowest BCUT2D eigenvalue weighted by molar-refractivity contribution is 0.0687. The Balaban J connectivity index is 2.39. The summed E-state index contributed by atoms with van der Waals surface area (Å²) in [5.74, 6) is -0.385. The lowest BCUT2D eigenvalue weighted by Crippen LogP contribution is -2.02. The molecule has 0 aliphatic heterocycles. The first-order valence-corrected chi connectivity index (χ1v) is 5.99. The SMILES string of the molecule is Cc1cc(Oc2cccnc2C(=O)O)cc(C)c1Cl. The molecule has 0 radical (unpaired) electrons. The van der Waals surface area contributed by atoms with Crippen LogP contribution < -0.4 is 4.74 Å². The Bertz CT molecular complexity index is 617. The van der Waals surface area contributed by atoms with Gasteiger partial charge in [-0.25, -0.2) is 9.78 Å². The number of hydrogen-bond acceptors (Lipinski definition) is 3. The van der Waals surface area contributed by atoms with Crippen molar-refractivity contribution in [1.82, 2.24) is 4.98 Å². The zero-order chi connectivity index (χ0) is 14.0. The van der Waals surface area contributed by atoms with Crippen LogP contribution in [-0.4, -0.2) is 16.1 Å². The van der Waals surface area contributed by atoms with Crippen LogP contribution in [0.1, 0.15) is 21.6 Å². The summed E-state index contributed by atoms with van der Waals surface area (Å²) in [5.41, 5.74) is 1.63. The first-order valence-electron chi connectivity index (χ1n) is 5.62. The Morgan fingerprint density at radius 3 is 2.53 bits per heavy atom. The minimum absolute atomic E-state index is 0.118. The second kappa shape index (κ2) is 5.28. The van der Waals surface area contributed by atoms with Crippen molar-refractivity contribution in [3.05, 3.63) is 52.3 Å². The highest BCUT2D eigenvalue weighted by Gasteiger charge is 2.13. The fraction of sp³-hybridized carbons (Fsp3) is 0.143. The van der Waals surface area contributed by atoms with Gasteiger partial charge in [0.25, 0.3) is 0 Å². The van der Waals surface area contributed by atoms with Gasteiger partial charge in [-0.15, -0.1) is 0 Å². The van der Waals surface area contributed by atoms with E-state index in [9.17, 15) is 4.79 Å². The third kappa shape index (κ3) is 2.85. The van der Waals surface area contributed by atoms with E-state index in [1.165, 1.54) is 6.20 Å². The molecule has 0 aliphatic carbocycles. The monoisotopic (exact) mass is 277 g/mol. The fourth-order valence-electron chi connectivity index (χ4n) is 1.73. The van der Waals surface area contributed by atoms with Gasteiger partial charge in [-0.2, -0.15) is 0 Å². The zero-order valence-electron chi connectivity index (χ0n) is 10.5. The summed E-state index contributed by atoms with van der Waals surface area (Å²) in [4.78, 5) is 14.8. The molecule has 0 amide bonds. The molecule has 0 fully saturated rings. The average Bonchev–Trinajstić information content (AvgIpc) is 2.36. The van der Waals surface area contributed by atoms with Crippen LogP contribution in [0.15, 0.2) is 30.5 Å². The van der Waals surface area contributed by atoms with Crippen LogP contribution in [0.3, 0.4) is 0 Å². The standard InChI is InChI=1S/C14H12ClNO3/c1-8-6-10(7-9(2)12(8)15)19-11-4-3-5-16-13(11)14(17)18/h3-7H,1-2H3,(H,17,18). The molecule has 1 N–H and O–H groups in total. The van der Waals surface area contributed by atoms with Crippen LogP contribution in [0.4, 0.5) is 0 Å². The van der Waals surface area contributed by atoms with Crippen LogP contribution >= 0.6 is 11.6 Å². The molecule has 0 saturated carbocycles. The van der Waals surface area contributed by atoms with Gasteiger partial charge in [0.1, 0.15) is 5.75 Å². The van der Waals surface area contributed by atoms with Crippen molar-refractivity contribution < 1.29 is 14.6 Å². The van der Waals surface area contributed by atoms with Gasteiger partial charge < -0.3 is 9.84 Å². The van der Waals surface area contributed by atoms with E-state index < -0.39 is 5.97 Å². The predicted octanol–water partition coefficient (Wildman–Crippen LogP) is 3.84. The van der Waals surface area contributed by atoms with Gasteiger partial charge >= 0.3 is 5.97 Å². The molecule has 0 saturated heterocycles. The number of pyridine rings is 1. The van der Waals surface area contributed by atoms with Crippen molar-refractivity contribution in [3.8, 4) is 11.5 Å². The molecule has 0 bridgehead atoms. The van der Waals surface area contributed by atoms with Crippen LogP contribution in [0.25, 0.3) is 0 Å². The minimum Gasteiger partial charge on any atom is -0.476 e. The van der Waals surface area contributed by atoms with Gasteiger partial charge in [0.2, 0.25) is 0 Å². The molecular formula is C14H12ClNO3. The first kappa shape index (κ1) is 13.4. The number of halogens is 1. The van der Waals surface area contributed by atoms with Crippen molar-refractivity contribution >= 4 is 17.6 Å². The molecule has 19 heavy (non-hydrogen) atoms. The van der Waals surface area contributed by atoms with Gasteiger partial charge in [0.15, 0.2) is 11.4 Å². The van der Waals surface area contributed by atoms with E-state index in [1.807, 2.05) is 13.8 Å². The summed E-state index contributed by atoms with van der Waals surface area (Å²) in [5, 5.41) is 9.71. The Morgan fingerprint density at radius 2 is 1.95 bits per heavy atom. The number of ether oxygens (including phenoxy) is 1. The van der Waals surface area contributed by atoms with Crippen molar-refractivity contribution in [3.63, 3.8) is 0 Å². The van der Waals surface area contributed by atoms with Gasteiger partial charge in [0, 0.05) is 11.2 Å². The molecule has 1 heterocycles. The molecule has 0 atom stereocenters. The Hall–Kier alpha value is -2.07.